The number of fused-ring (bicyclic) bond motifs is 1. The summed E-state index contributed by atoms with van der Waals surface area (Å²) in [5, 5.41) is 5.09. The van der Waals surface area contributed by atoms with Crippen molar-refractivity contribution in [2.24, 2.45) is 14.1 Å². The Hall–Kier alpha value is -3.53. The highest BCUT2D eigenvalue weighted by molar-refractivity contribution is 7.14. The summed E-state index contributed by atoms with van der Waals surface area (Å²) in [4.78, 5) is 45.5. The predicted molar refractivity (Wildman–Crippen MR) is 111 cm³/mol. The molecular formula is C19H18N6O3S. The van der Waals surface area contributed by atoms with Crippen LogP contribution in [0.25, 0.3) is 22.4 Å². The zero-order chi connectivity index (χ0) is 20.7. The molecule has 10 heteroatoms. The Morgan fingerprint density at radius 1 is 1.14 bits per heavy atom. The number of hydrogen-bond acceptors (Lipinski definition) is 6. The third-order valence-corrected chi connectivity index (χ3v) is 5.39. The number of rotatable bonds is 4. The molecule has 0 atom stereocenters. The number of aromatic nitrogens is 5. The molecule has 0 aliphatic heterocycles. The summed E-state index contributed by atoms with van der Waals surface area (Å²) in [6, 6.07) is 7.97. The van der Waals surface area contributed by atoms with Crippen molar-refractivity contribution in [3.63, 3.8) is 0 Å². The van der Waals surface area contributed by atoms with E-state index in [0.717, 1.165) is 21.4 Å². The maximum Gasteiger partial charge on any atom is 0.332 e. The predicted octanol–water partition coefficient (Wildman–Crippen LogP) is 1.50. The number of carbonyl (C=O) groups excluding carboxylic acids is 1. The molecule has 4 rings (SSSR count). The lowest BCUT2D eigenvalue weighted by atomic mass is 10.1. The summed E-state index contributed by atoms with van der Waals surface area (Å²) in [6.07, 6.45) is 1.38. The van der Waals surface area contributed by atoms with E-state index in [2.05, 4.69) is 15.3 Å². The number of nitrogens with zero attached hydrogens (tertiary/aromatic N) is 5. The number of benzene rings is 1. The van der Waals surface area contributed by atoms with Crippen LogP contribution in [-0.2, 0) is 25.4 Å². The van der Waals surface area contributed by atoms with Crippen molar-refractivity contribution < 1.29 is 4.79 Å². The van der Waals surface area contributed by atoms with Crippen LogP contribution in [0.2, 0.25) is 0 Å². The number of thiazole rings is 1. The van der Waals surface area contributed by atoms with E-state index in [9.17, 15) is 14.4 Å². The molecule has 3 aromatic heterocycles. The van der Waals surface area contributed by atoms with Gasteiger partial charge in [-0.25, -0.2) is 14.8 Å². The van der Waals surface area contributed by atoms with E-state index in [-0.39, 0.29) is 23.6 Å². The quantitative estimate of drug-likeness (QED) is 0.549. The van der Waals surface area contributed by atoms with Crippen molar-refractivity contribution in [1.29, 1.82) is 0 Å². The summed E-state index contributed by atoms with van der Waals surface area (Å²) in [7, 11) is 2.92. The van der Waals surface area contributed by atoms with Gasteiger partial charge in [-0.15, -0.1) is 11.3 Å². The van der Waals surface area contributed by atoms with Gasteiger partial charge in [0, 0.05) is 25.0 Å². The van der Waals surface area contributed by atoms with Crippen molar-refractivity contribution in [2.45, 2.75) is 13.5 Å². The number of anilines is 1. The van der Waals surface area contributed by atoms with E-state index >= 15 is 0 Å². The molecule has 1 N–H and O–H groups in total. The minimum absolute atomic E-state index is 0.122. The average Bonchev–Trinajstić information content (AvgIpc) is 3.32. The summed E-state index contributed by atoms with van der Waals surface area (Å²) in [5.41, 5.74) is 2.38. The molecule has 148 valence electrons. The van der Waals surface area contributed by atoms with E-state index in [4.69, 9.17) is 0 Å². The van der Waals surface area contributed by atoms with Crippen molar-refractivity contribution in [2.75, 3.05) is 5.32 Å². The molecule has 0 spiro atoms. The third kappa shape index (κ3) is 3.38. The van der Waals surface area contributed by atoms with Gasteiger partial charge in [0.1, 0.15) is 6.54 Å². The minimum Gasteiger partial charge on any atom is -0.315 e. The number of aryl methyl sites for hydroxylation is 2. The Bertz CT molecular complexity index is 1340. The maximum atomic E-state index is 12.5. The van der Waals surface area contributed by atoms with Crippen LogP contribution < -0.4 is 16.6 Å². The smallest absolute Gasteiger partial charge is 0.315 e. The first-order chi connectivity index (χ1) is 13.8. The van der Waals surface area contributed by atoms with E-state index in [1.54, 1.807) is 0 Å². The van der Waals surface area contributed by atoms with Crippen molar-refractivity contribution in [3.8, 4) is 11.3 Å². The molecule has 0 aliphatic rings. The van der Waals surface area contributed by atoms with Crippen molar-refractivity contribution in [3.05, 3.63) is 62.4 Å². The van der Waals surface area contributed by atoms with Gasteiger partial charge in [0.2, 0.25) is 5.91 Å². The normalized spacial score (nSPS) is 11.1. The lowest BCUT2D eigenvalue weighted by Gasteiger charge is -2.06. The standard InChI is InChI=1S/C19H18N6O3S/c1-11-4-6-12(7-5-11)13-9-29-18(21-13)22-14(26)8-25-10-20-16-15(25)17(27)24(3)19(28)23(16)2/h4-7,9-10H,8H2,1-3H3,(H,21,22,26). The largest absolute Gasteiger partial charge is 0.332 e. The Labute approximate surface area is 168 Å². The highest BCUT2D eigenvalue weighted by atomic mass is 32.1. The SMILES string of the molecule is Cc1ccc(-c2csc(NC(=O)Cn3cnc4c3c(=O)n(C)c(=O)n4C)n2)cc1. The molecule has 0 radical (unpaired) electrons. The molecular weight excluding hydrogens is 392 g/mol. The Kier molecular flexibility index (Phi) is 4.63. The maximum absolute atomic E-state index is 12.5. The average molecular weight is 410 g/mol. The lowest BCUT2D eigenvalue weighted by molar-refractivity contribution is -0.116. The van der Waals surface area contributed by atoms with Gasteiger partial charge in [0.25, 0.3) is 5.56 Å². The van der Waals surface area contributed by atoms with Crippen LogP contribution in [0.1, 0.15) is 5.56 Å². The highest BCUT2D eigenvalue weighted by Gasteiger charge is 2.16. The van der Waals surface area contributed by atoms with Gasteiger partial charge >= 0.3 is 5.69 Å². The number of imidazole rings is 1. The van der Waals surface area contributed by atoms with E-state index in [0.29, 0.717) is 5.13 Å². The third-order valence-electron chi connectivity index (χ3n) is 4.63. The second-order valence-electron chi connectivity index (χ2n) is 6.70. The first kappa shape index (κ1) is 18.8. The fourth-order valence-electron chi connectivity index (χ4n) is 3.02. The molecule has 3 heterocycles. The molecule has 0 fully saturated rings. The van der Waals surface area contributed by atoms with Crippen LogP contribution >= 0.6 is 11.3 Å². The van der Waals surface area contributed by atoms with Gasteiger partial charge in [-0.3, -0.25) is 18.7 Å². The van der Waals surface area contributed by atoms with Crippen molar-refractivity contribution >= 4 is 33.5 Å². The molecule has 9 nitrogen and oxygen atoms in total. The summed E-state index contributed by atoms with van der Waals surface area (Å²) in [6.45, 7) is 1.89. The van der Waals surface area contributed by atoms with Crippen LogP contribution in [0.4, 0.5) is 5.13 Å². The van der Waals surface area contributed by atoms with Crippen LogP contribution in [0.15, 0.2) is 45.6 Å². The molecule has 0 saturated heterocycles. The molecule has 0 saturated carbocycles. The topological polar surface area (TPSA) is 104 Å². The van der Waals surface area contributed by atoms with E-state index in [1.807, 2.05) is 36.6 Å². The second-order valence-corrected chi connectivity index (χ2v) is 7.56. The highest BCUT2D eigenvalue weighted by Crippen LogP contribution is 2.25. The molecule has 29 heavy (non-hydrogen) atoms. The van der Waals surface area contributed by atoms with Gasteiger partial charge in [-0.2, -0.15) is 0 Å². The monoisotopic (exact) mass is 410 g/mol. The molecule has 4 aromatic rings. The first-order valence-corrected chi connectivity index (χ1v) is 9.66. The van der Waals surface area contributed by atoms with Gasteiger partial charge in [-0.1, -0.05) is 29.8 Å². The second kappa shape index (κ2) is 7.13. The van der Waals surface area contributed by atoms with E-state index < -0.39 is 11.2 Å². The van der Waals surface area contributed by atoms with Crippen LogP contribution in [0.3, 0.4) is 0 Å². The molecule has 0 bridgehead atoms. The van der Waals surface area contributed by atoms with Crippen LogP contribution in [0.5, 0.6) is 0 Å². The zero-order valence-electron chi connectivity index (χ0n) is 16.0. The first-order valence-electron chi connectivity index (χ1n) is 8.78. The molecule has 1 aromatic carbocycles. The fraction of sp³-hybridized carbons (Fsp3) is 0.211. The number of nitrogens with one attached hydrogen (secondary N) is 1. The lowest BCUT2D eigenvalue weighted by Crippen LogP contribution is -2.37. The number of carbonyl (C=O) groups is 1. The summed E-state index contributed by atoms with van der Waals surface area (Å²) in [5.74, 6) is -0.343. The number of amides is 1. The van der Waals surface area contributed by atoms with Gasteiger partial charge < -0.3 is 9.88 Å². The van der Waals surface area contributed by atoms with Gasteiger partial charge in [0.15, 0.2) is 16.3 Å². The van der Waals surface area contributed by atoms with E-state index in [1.165, 1.54) is 40.9 Å². The Morgan fingerprint density at radius 3 is 2.59 bits per heavy atom. The van der Waals surface area contributed by atoms with Gasteiger partial charge in [-0.05, 0) is 6.92 Å². The minimum atomic E-state index is -0.496. The zero-order valence-corrected chi connectivity index (χ0v) is 16.9. The summed E-state index contributed by atoms with van der Waals surface area (Å²) < 4.78 is 3.70. The fourth-order valence-corrected chi connectivity index (χ4v) is 3.75. The van der Waals surface area contributed by atoms with Crippen molar-refractivity contribution in [1.82, 2.24) is 23.7 Å². The summed E-state index contributed by atoms with van der Waals surface area (Å²) >= 11 is 1.32. The molecule has 0 aliphatic carbocycles. The van der Waals surface area contributed by atoms with Crippen LogP contribution in [0, 0.1) is 6.92 Å². The molecule has 1 amide bonds. The number of hydrogen-bond donors (Lipinski definition) is 1. The molecule has 0 unspecified atom stereocenters. The van der Waals surface area contributed by atoms with Gasteiger partial charge in [0.05, 0.1) is 12.0 Å². The Morgan fingerprint density at radius 2 is 1.86 bits per heavy atom. The Balaban J connectivity index is 1.56. The van der Waals surface area contributed by atoms with Crippen LogP contribution in [-0.4, -0.2) is 29.6 Å².